The number of β-lactam (4-membered cyclic amide) rings is 1. The summed E-state index contributed by atoms with van der Waals surface area (Å²) in [6.07, 6.45) is 0.257. The molecule has 29 heavy (non-hydrogen) atoms. The Hall–Kier alpha value is -2.89. The molecule has 0 unspecified atom stereocenters. The molecule has 0 saturated carbocycles. The minimum atomic E-state index is -1.10. The number of nitrogens with two attached hydrogens (primary N) is 1. The number of nitrogens with zero attached hydrogens (tertiary/aromatic N) is 4. The Balaban J connectivity index is 1.84. The molecule has 12 heteroatoms. The standard InChI is InChI=1S/C17H29N7O5/c1-10(11-8-20-24(22-11)9-12-13(18)14(25)21-12)23(16(27)28)7-5-6-19-15(26)29-17(2,3)4/h8,10,12-13H,5-7,9,18H2,1-4H3,(H,19,26)(H,21,25)(H,27,28)/t10-,12-,13-/m0/s1. The number of carbonyl (C=O) groups is 3. The lowest BCUT2D eigenvalue weighted by molar-refractivity contribution is -0.130. The van der Waals surface area contributed by atoms with E-state index >= 15 is 0 Å². The maximum atomic E-state index is 11.6. The third-order valence-corrected chi connectivity index (χ3v) is 4.36. The van der Waals surface area contributed by atoms with Crippen LogP contribution in [0.2, 0.25) is 0 Å². The van der Waals surface area contributed by atoms with Gasteiger partial charge in [-0.05, 0) is 34.1 Å². The van der Waals surface area contributed by atoms with Crippen LogP contribution in [0, 0.1) is 0 Å². The van der Waals surface area contributed by atoms with Crippen LogP contribution in [0.1, 0.15) is 45.9 Å². The fraction of sp³-hybridized carbons (Fsp3) is 0.706. The average molecular weight is 411 g/mol. The van der Waals surface area contributed by atoms with E-state index in [4.69, 9.17) is 10.5 Å². The van der Waals surface area contributed by atoms with Crippen molar-refractivity contribution in [1.82, 2.24) is 30.5 Å². The number of amides is 3. The predicted molar refractivity (Wildman–Crippen MR) is 102 cm³/mol. The Morgan fingerprint density at radius 3 is 2.72 bits per heavy atom. The van der Waals surface area contributed by atoms with E-state index < -0.39 is 29.9 Å². The zero-order valence-electron chi connectivity index (χ0n) is 17.1. The van der Waals surface area contributed by atoms with E-state index in [1.54, 1.807) is 27.7 Å². The molecule has 0 aliphatic carbocycles. The first kappa shape index (κ1) is 22.4. The molecule has 162 valence electrons. The molecule has 1 fully saturated rings. The van der Waals surface area contributed by atoms with Crippen molar-refractivity contribution in [3.63, 3.8) is 0 Å². The molecular formula is C17H29N7O5. The maximum absolute atomic E-state index is 11.6. The molecule has 1 aromatic heterocycles. The third kappa shape index (κ3) is 6.31. The van der Waals surface area contributed by atoms with Gasteiger partial charge in [-0.25, -0.2) is 9.59 Å². The van der Waals surface area contributed by atoms with E-state index in [2.05, 4.69) is 20.8 Å². The molecule has 1 aliphatic rings. The summed E-state index contributed by atoms with van der Waals surface area (Å²) >= 11 is 0. The van der Waals surface area contributed by atoms with Crippen LogP contribution < -0.4 is 16.4 Å². The second-order valence-electron chi connectivity index (χ2n) is 7.90. The molecule has 2 rings (SSSR count). The van der Waals surface area contributed by atoms with Crippen molar-refractivity contribution in [3.8, 4) is 0 Å². The van der Waals surface area contributed by atoms with Crippen molar-refractivity contribution in [2.24, 2.45) is 5.73 Å². The lowest BCUT2D eigenvalue weighted by Gasteiger charge is -2.33. The fourth-order valence-corrected chi connectivity index (χ4v) is 2.75. The van der Waals surface area contributed by atoms with E-state index in [-0.39, 0.29) is 25.0 Å². The first-order valence-electron chi connectivity index (χ1n) is 9.40. The van der Waals surface area contributed by atoms with Gasteiger partial charge in [0.2, 0.25) is 5.91 Å². The number of aromatic nitrogens is 3. The van der Waals surface area contributed by atoms with Gasteiger partial charge in [-0.2, -0.15) is 15.0 Å². The number of nitrogens with one attached hydrogen (secondary N) is 2. The molecule has 0 spiro atoms. The minimum absolute atomic E-state index is 0.197. The Labute approximate surface area is 168 Å². The average Bonchev–Trinajstić information content (AvgIpc) is 3.07. The summed E-state index contributed by atoms with van der Waals surface area (Å²) in [5.74, 6) is -0.215. The van der Waals surface area contributed by atoms with E-state index in [1.807, 2.05) is 0 Å². The summed E-state index contributed by atoms with van der Waals surface area (Å²) in [4.78, 5) is 37.0. The number of rotatable bonds is 8. The summed E-state index contributed by atoms with van der Waals surface area (Å²) in [7, 11) is 0. The van der Waals surface area contributed by atoms with E-state index in [0.29, 0.717) is 18.7 Å². The van der Waals surface area contributed by atoms with Crippen LogP contribution >= 0.6 is 0 Å². The molecule has 12 nitrogen and oxygen atoms in total. The zero-order chi connectivity index (χ0) is 21.8. The summed E-state index contributed by atoms with van der Waals surface area (Å²) in [5, 5.41) is 23.2. The Bertz CT molecular complexity index is 745. The second-order valence-corrected chi connectivity index (χ2v) is 7.90. The van der Waals surface area contributed by atoms with Gasteiger partial charge in [-0.1, -0.05) is 0 Å². The largest absolute Gasteiger partial charge is 0.465 e. The van der Waals surface area contributed by atoms with Gasteiger partial charge in [0.25, 0.3) is 0 Å². The van der Waals surface area contributed by atoms with Gasteiger partial charge in [-0.3, -0.25) is 9.69 Å². The van der Waals surface area contributed by atoms with Crippen molar-refractivity contribution >= 4 is 18.1 Å². The van der Waals surface area contributed by atoms with Gasteiger partial charge in [0.15, 0.2) is 0 Å². The topological polar surface area (TPSA) is 165 Å². The summed E-state index contributed by atoms with van der Waals surface area (Å²) in [5.41, 5.74) is 5.57. The molecule has 3 amide bonds. The maximum Gasteiger partial charge on any atom is 0.407 e. The van der Waals surface area contributed by atoms with E-state index in [0.717, 1.165) is 0 Å². The summed E-state index contributed by atoms with van der Waals surface area (Å²) in [6.45, 7) is 7.79. The number of carboxylic acid groups (broad SMARTS) is 1. The van der Waals surface area contributed by atoms with Crippen molar-refractivity contribution < 1.29 is 24.2 Å². The highest BCUT2D eigenvalue weighted by Gasteiger charge is 2.36. The number of alkyl carbamates (subject to hydrolysis) is 1. The summed E-state index contributed by atoms with van der Waals surface area (Å²) in [6, 6.07) is -1.37. The van der Waals surface area contributed by atoms with Crippen LogP contribution in [0.25, 0.3) is 0 Å². The number of ether oxygens (including phenoxy) is 1. The number of carbonyl (C=O) groups excluding carboxylic acids is 2. The van der Waals surface area contributed by atoms with Gasteiger partial charge in [0.05, 0.1) is 24.8 Å². The summed E-state index contributed by atoms with van der Waals surface area (Å²) < 4.78 is 5.14. The fourth-order valence-electron chi connectivity index (χ4n) is 2.75. The quantitative estimate of drug-likeness (QED) is 0.344. The highest BCUT2D eigenvalue weighted by molar-refractivity contribution is 5.88. The third-order valence-electron chi connectivity index (χ3n) is 4.36. The lowest BCUT2D eigenvalue weighted by atomic mass is 10.0. The molecule has 1 aliphatic heterocycles. The molecular weight excluding hydrogens is 382 g/mol. The smallest absolute Gasteiger partial charge is 0.407 e. The van der Waals surface area contributed by atoms with Crippen LogP contribution in [0.5, 0.6) is 0 Å². The van der Waals surface area contributed by atoms with Crippen LogP contribution in [-0.4, -0.2) is 73.9 Å². The zero-order valence-corrected chi connectivity index (χ0v) is 17.1. The van der Waals surface area contributed by atoms with Crippen molar-refractivity contribution in [2.75, 3.05) is 13.1 Å². The Kier molecular flexibility index (Phi) is 7.01. The van der Waals surface area contributed by atoms with E-state index in [1.165, 1.54) is 15.9 Å². The lowest BCUT2D eigenvalue weighted by Crippen LogP contribution is -2.68. The van der Waals surface area contributed by atoms with Crippen LogP contribution in [0.15, 0.2) is 6.20 Å². The normalized spacial score (nSPS) is 19.7. The highest BCUT2D eigenvalue weighted by Crippen LogP contribution is 2.18. The molecule has 3 atom stereocenters. The van der Waals surface area contributed by atoms with Crippen LogP contribution in [-0.2, 0) is 16.1 Å². The van der Waals surface area contributed by atoms with Gasteiger partial charge in [-0.15, -0.1) is 0 Å². The second kappa shape index (κ2) is 9.07. The number of hydrogen-bond acceptors (Lipinski definition) is 7. The van der Waals surface area contributed by atoms with Crippen molar-refractivity contribution in [1.29, 1.82) is 0 Å². The van der Waals surface area contributed by atoms with Gasteiger partial charge >= 0.3 is 12.2 Å². The number of hydrogen-bond donors (Lipinski definition) is 4. The van der Waals surface area contributed by atoms with Crippen LogP contribution in [0.4, 0.5) is 9.59 Å². The Morgan fingerprint density at radius 2 is 2.17 bits per heavy atom. The molecule has 0 aromatic carbocycles. The minimum Gasteiger partial charge on any atom is -0.465 e. The van der Waals surface area contributed by atoms with Gasteiger partial charge in [0, 0.05) is 13.1 Å². The van der Waals surface area contributed by atoms with Crippen molar-refractivity contribution in [3.05, 3.63) is 11.9 Å². The highest BCUT2D eigenvalue weighted by atomic mass is 16.6. The SMILES string of the molecule is C[C@@H](c1cnn(C[C@@H]2NC(=O)[C@H]2N)n1)N(CCCNC(=O)OC(C)(C)C)C(=O)O. The molecule has 5 N–H and O–H groups in total. The van der Waals surface area contributed by atoms with Crippen molar-refractivity contribution in [2.45, 2.75) is 64.4 Å². The molecule has 2 heterocycles. The molecule has 0 bridgehead atoms. The first-order valence-corrected chi connectivity index (χ1v) is 9.40. The molecule has 1 saturated heterocycles. The molecule has 0 radical (unpaired) electrons. The monoisotopic (exact) mass is 411 g/mol. The first-order chi connectivity index (χ1) is 13.5. The van der Waals surface area contributed by atoms with Gasteiger partial charge < -0.3 is 26.2 Å². The molecule has 1 aromatic rings. The van der Waals surface area contributed by atoms with E-state index in [9.17, 15) is 19.5 Å². The van der Waals surface area contributed by atoms with Crippen LogP contribution in [0.3, 0.4) is 0 Å². The predicted octanol–water partition coefficient (Wildman–Crippen LogP) is 0.0596. The Morgan fingerprint density at radius 1 is 1.48 bits per heavy atom. The van der Waals surface area contributed by atoms with Gasteiger partial charge in [0.1, 0.15) is 17.3 Å².